The van der Waals surface area contributed by atoms with Gasteiger partial charge in [-0.15, -0.1) is 11.3 Å². The van der Waals surface area contributed by atoms with Gasteiger partial charge >= 0.3 is 5.97 Å². The number of benzene rings is 1. The van der Waals surface area contributed by atoms with Crippen LogP contribution >= 0.6 is 11.3 Å². The highest BCUT2D eigenvalue weighted by Gasteiger charge is 2.39. The van der Waals surface area contributed by atoms with E-state index in [2.05, 4.69) is 66.1 Å². The lowest BCUT2D eigenvalue weighted by molar-refractivity contribution is -0.137. The minimum Gasteiger partial charge on any atom is -0.481 e. The summed E-state index contributed by atoms with van der Waals surface area (Å²) in [5.41, 5.74) is 7.10. The number of thiophene rings is 1. The molecule has 3 rings (SSSR count). The van der Waals surface area contributed by atoms with Crippen molar-refractivity contribution in [2.75, 3.05) is 14.1 Å². The molecule has 1 aromatic carbocycles. The third-order valence-corrected chi connectivity index (χ3v) is 7.60. The summed E-state index contributed by atoms with van der Waals surface area (Å²) >= 11 is 1.80. The Hall–Kier alpha value is -2.22. The average Bonchev–Trinajstić information content (AvgIpc) is 3.34. The molecular formula is C27H41N3O3S. The first kappa shape index (κ1) is 28.0. The largest absolute Gasteiger partial charge is 0.481 e. The quantitative estimate of drug-likeness (QED) is 0.448. The molecule has 7 heteroatoms. The normalized spacial score (nSPS) is 20.8. The summed E-state index contributed by atoms with van der Waals surface area (Å²) in [6.07, 6.45) is 6.91. The third kappa shape index (κ3) is 9.20. The summed E-state index contributed by atoms with van der Waals surface area (Å²) in [6, 6.07) is 15.3. The molecule has 34 heavy (non-hydrogen) atoms. The second kappa shape index (κ2) is 14.2. The van der Waals surface area contributed by atoms with Crippen molar-refractivity contribution in [2.24, 2.45) is 5.73 Å². The lowest BCUT2D eigenvalue weighted by Crippen LogP contribution is -2.48. The topological polar surface area (TPSA) is 95.7 Å². The second-order valence-corrected chi connectivity index (χ2v) is 10.4. The van der Waals surface area contributed by atoms with Crippen molar-refractivity contribution < 1.29 is 14.7 Å². The van der Waals surface area contributed by atoms with Crippen molar-refractivity contribution in [3.8, 4) is 0 Å². The van der Waals surface area contributed by atoms with E-state index in [1.807, 2.05) is 13.0 Å². The second-order valence-electron chi connectivity index (χ2n) is 9.49. The Kier molecular flexibility index (Phi) is 11.7. The van der Waals surface area contributed by atoms with Gasteiger partial charge in [0.2, 0.25) is 5.91 Å². The molecule has 1 aliphatic rings. The van der Waals surface area contributed by atoms with Crippen molar-refractivity contribution in [3.05, 3.63) is 58.3 Å². The van der Waals surface area contributed by atoms with Crippen LogP contribution in [0.3, 0.4) is 0 Å². The van der Waals surface area contributed by atoms with Gasteiger partial charge in [-0.3, -0.25) is 14.5 Å². The molecule has 0 spiro atoms. The van der Waals surface area contributed by atoms with E-state index in [-0.39, 0.29) is 23.9 Å². The monoisotopic (exact) mass is 487 g/mol. The van der Waals surface area contributed by atoms with E-state index in [0.29, 0.717) is 18.9 Å². The van der Waals surface area contributed by atoms with Crippen molar-refractivity contribution in [1.82, 2.24) is 10.2 Å². The van der Waals surface area contributed by atoms with Crippen LogP contribution in [0.5, 0.6) is 0 Å². The Labute approximate surface area is 208 Å². The van der Waals surface area contributed by atoms with E-state index >= 15 is 0 Å². The zero-order valence-corrected chi connectivity index (χ0v) is 21.7. The van der Waals surface area contributed by atoms with Crippen molar-refractivity contribution >= 4 is 23.2 Å². The van der Waals surface area contributed by atoms with Crippen molar-refractivity contribution in [1.29, 1.82) is 0 Å². The summed E-state index contributed by atoms with van der Waals surface area (Å²) in [4.78, 5) is 26.1. The molecule has 4 N–H and O–H groups in total. The zero-order valence-electron chi connectivity index (χ0n) is 20.8. The molecule has 6 nitrogen and oxygen atoms in total. The van der Waals surface area contributed by atoms with Gasteiger partial charge < -0.3 is 16.2 Å². The molecule has 188 valence electrons. The van der Waals surface area contributed by atoms with Gasteiger partial charge in [0.1, 0.15) is 0 Å². The van der Waals surface area contributed by atoms with Crippen LogP contribution in [0.25, 0.3) is 0 Å². The fraction of sp³-hybridized carbons (Fsp3) is 0.556. The summed E-state index contributed by atoms with van der Waals surface area (Å²) in [5, 5.41) is 13.8. The number of carbonyl (C=O) groups is 2. The zero-order chi connectivity index (χ0) is 25.0. The fourth-order valence-corrected chi connectivity index (χ4v) is 5.50. The summed E-state index contributed by atoms with van der Waals surface area (Å²) in [7, 11) is 4.26. The van der Waals surface area contributed by atoms with Gasteiger partial charge in [0, 0.05) is 29.8 Å². The van der Waals surface area contributed by atoms with Crippen molar-refractivity contribution in [2.45, 2.75) is 82.3 Å². The number of hydrogen-bond acceptors (Lipinski definition) is 5. The number of rotatable bonds is 10. The van der Waals surface area contributed by atoms with Crippen LogP contribution < -0.4 is 11.1 Å². The lowest BCUT2D eigenvalue weighted by Gasteiger charge is -2.44. The van der Waals surface area contributed by atoms with Gasteiger partial charge in [0.15, 0.2) is 0 Å². The molecule has 2 aromatic rings. The van der Waals surface area contributed by atoms with E-state index in [9.17, 15) is 9.59 Å². The number of nitrogens with two attached hydrogens (primary N) is 1. The predicted molar refractivity (Wildman–Crippen MR) is 140 cm³/mol. The molecule has 0 radical (unpaired) electrons. The van der Waals surface area contributed by atoms with Crippen LogP contribution in [0, 0.1) is 0 Å². The number of aryl methyl sites for hydroxylation is 1. The first-order chi connectivity index (χ1) is 16.2. The van der Waals surface area contributed by atoms with Gasteiger partial charge in [-0.2, -0.15) is 0 Å². The molecule has 1 atom stereocenters. The Bertz CT molecular complexity index is 845. The van der Waals surface area contributed by atoms with Crippen LogP contribution in [-0.4, -0.2) is 48.1 Å². The Morgan fingerprint density at radius 3 is 2.35 bits per heavy atom. The van der Waals surface area contributed by atoms with Gasteiger partial charge in [0.05, 0.1) is 5.54 Å². The van der Waals surface area contributed by atoms with Crippen molar-refractivity contribution in [3.63, 3.8) is 0 Å². The first-order valence-electron chi connectivity index (χ1n) is 12.2. The molecule has 1 fully saturated rings. The highest BCUT2D eigenvalue weighted by Crippen LogP contribution is 2.42. The summed E-state index contributed by atoms with van der Waals surface area (Å²) in [5.74, 6) is -0.869. The molecular weight excluding hydrogens is 446 g/mol. The highest BCUT2D eigenvalue weighted by atomic mass is 32.1. The van der Waals surface area contributed by atoms with E-state index in [1.54, 1.807) is 11.3 Å². The molecule has 1 amide bonds. The standard InChI is InChI=1S/C17H26N2O3S.C10H15N/c1-19(2)17(14-5-4-12-23-14)10-8-13(9-11-17)18-15(20)6-3-7-16(21)22;1-9(11)7-8-10-5-3-2-4-6-10/h4-5,12-13H,3,6-11H2,1-2H3,(H,18,20)(H,21,22);2-6,9H,7-8,11H2,1H3. The van der Waals surface area contributed by atoms with Gasteiger partial charge in [-0.25, -0.2) is 0 Å². The highest BCUT2D eigenvalue weighted by molar-refractivity contribution is 7.10. The summed E-state index contributed by atoms with van der Waals surface area (Å²) < 4.78 is 0. The lowest BCUT2D eigenvalue weighted by atomic mass is 9.77. The molecule has 0 aliphatic heterocycles. The van der Waals surface area contributed by atoms with Crippen LogP contribution in [0.15, 0.2) is 47.8 Å². The van der Waals surface area contributed by atoms with Crippen LogP contribution in [0.1, 0.15) is 68.7 Å². The number of aliphatic carboxylic acids is 1. The Morgan fingerprint density at radius 1 is 1.15 bits per heavy atom. The number of carboxylic acids is 1. The third-order valence-electron chi connectivity index (χ3n) is 6.54. The van der Waals surface area contributed by atoms with Crippen LogP contribution in [-0.2, 0) is 21.5 Å². The minimum atomic E-state index is -0.845. The number of carboxylic acid groups (broad SMARTS) is 1. The maximum absolute atomic E-state index is 11.9. The molecule has 1 unspecified atom stereocenters. The van der Waals surface area contributed by atoms with Crippen LogP contribution in [0.2, 0.25) is 0 Å². The molecule has 0 bridgehead atoms. The van der Waals surface area contributed by atoms with E-state index in [4.69, 9.17) is 10.8 Å². The number of carbonyl (C=O) groups excluding carboxylic acids is 1. The molecule has 1 aliphatic carbocycles. The van der Waals surface area contributed by atoms with Gasteiger partial charge in [-0.05, 0) is 83.0 Å². The van der Waals surface area contributed by atoms with Gasteiger partial charge in [-0.1, -0.05) is 36.4 Å². The smallest absolute Gasteiger partial charge is 0.303 e. The maximum Gasteiger partial charge on any atom is 0.303 e. The average molecular weight is 488 g/mol. The number of nitrogens with one attached hydrogen (secondary N) is 1. The van der Waals surface area contributed by atoms with E-state index < -0.39 is 5.97 Å². The Balaban J connectivity index is 0.000000310. The first-order valence-corrected chi connectivity index (χ1v) is 13.1. The molecule has 1 aromatic heterocycles. The number of amides is 1. The van der Waals surface area contributed by atoms with E-state index in [1.165, 1.54) is 10.4 Å². The van der Waals surface area contributed by atoms with Crippen LogP contribution in [0.4, 0.5) is 0 Å². The predicted octanol–water partition coefficient (Wildman–Crippen LogP) is 4.79. The fourth-order valence-electron chi connectivity index (χ4n) is 4.44. The minimum absolute atomic E-state index is 0.0234. The SMILES string of the molecule is CC(N)CCc1ccccc1.CN(C)C1(c2cccs2)CCC(NC(=O)CCCC(=O)O)CC1. The summed E-state index contributed by atoms with van der Waals surface area (Å²) in [6.45, 7) is 2.04. The number of hydrogen-bond donors (Lipinski definition) is 3. The van der Waals surface area contributed by atoms with E-state index in [0.717, 1.165) is 38.5 Å². The van der Waals surface area contributed by atoms with Gasteiger partial charge in [0.25, 0.3) is 0 Å². The maximum atomic E-state index is 11.9. The molecule has 1 heterocycles. The Morgan fingerprint density at radius 2 is 1.82 bits per heavy atom. The number of nitrogens with zero attached hydrogens (tertiary/aromatic N) is 1. The molecule has 0 saturated heterocycles. The molecule has 1 saturated carbocycles.